The molecule has 0 fully saturated rings. The van der Waals surface area contributed by atoms with Crippen LogP contribution in [0.4, 0.5) is 0 Å². The average Bonchev–Trinajstić information content (AvgIpc) is 2.51. The Hall–Kier alpha value is -0.520. The van der Waals surface area contributed by atoms with Crippen molar-refractivity contribution in [3.05, 3.63) is 34.9 Å². The van der Waals surface area contributed by atoms with Gasteiger partial charge in [0.25, 0.3) is 0 Å². The lowest BCUT2D eigenvalue weighted by molar-refractivity contribution is 0.191. The van der Waals surface area contributed by atoms with Crippen molar-refractivity contribution >= 4 is 15.6 Å². The van der Waals surface area contributed by atoms with E-state index >= 15 is 0 Å². The summed E-state index contributed by atoms with van der Waals surface area (Å²) in [5.74, 6) is 0.621. The molecule has 0 rings (SSSR count). The predicted octanol–water partition coefficient (Wildman–Crippen LogP) is 6.44. The fourth-order valence-electron chi connectivity index (χ4n) is 2.71. The summed E-state index contributed by atoms with van der Waals surface area (Å²) in [4.78, 5) is 26.3. The van der Waals surface area contributed by atoms with Crippen molar-refractivity contribution in [3.63, 3.8) is 0 Å². The van der Waals surface area contributed by atoms with Gasteiger partial charge in [0.2, 0.25) is 0 Å². The summed E-state index contributed by atoms with van der Waals surface area (Å²) in [6.45, 7) is 10.3. The van der Waals surface area contributed by atoms with Crippen molar-refractivity contribution in [3.8, 4) is 0 Å². The largest absolute Gasteiger partial charge is 0.481 e. The summed E-state index contributed by atoms with van der Waals surface area (Å²) in [7, 11) is -9.83. The Balaban J connectivity index is 4.04. The molecule has 0 aliphatic rings. The van der Waals surface area contributed by atoms with Crippen LogP contribution in [0.25, 0.3) is 0 Å². The minimum Gasteiger partial charge on any atom is -0.302 e. The van der Waals surface area contributed by atoms with Gasteiger partial charge >= 0.3 is 15.6 Å². The van der Waals surface area contributed by atoms with Gasteiger partial charge in [-0.1, -0.05) is 48.3 Å². The van der Waals surface area contributed by atoms with Crippen LogP contribution < -0.4 is 0 Å². The molecule has 0 amide bonds. The van der Waals surface area contributed by atoms with E-state index in [4.69, 9.17) is 9.79 Å². The van der Waals surface area contributed by atoms with E-state index in [9.17, 15) is 14.0 Å². The fraction of sp³-hybridized carbons (Fsp3) is 0.700. The Kier molecular flexibility index (Phi) is 14.2. The van der Waals surface area contributed by atoms with Crippen molar-refractivity contribution in [2.45, 2.75) is 79.6 Å². The van der Waals surface area contributed by atoms with Gasteiger partial charge in [0.15, 0.2) is 0 Å². The SMILES string of the molecule is CC(C)=CCC/C(C)=C/CCC(C)CCC/C(C)=C/COP(=O)(O)OP(=O)(O)O. The van der Waals surface area contributed by atoms with Crippen molar-refractivity contribution in [1.82, 2.24) is 0 Å². The van der Waals surface area contributed by atoms with Gasteiger partial charge in [0.05, 0.1) is 6.61 Å². The van der Waals surface area contributed by atoms with Crippen LogP contribution in [-0.2, 0) is 18.0 Å². The maximum atomic E-state index is 11.3. The smallest absolute Gasteiger partial charge is 0.302 e. The predicted molar refractivity (Wildman–Crippen MR) is 117 cm³/mol. The molecule has 0 radical (unpaired) electrons. The average molecular weight is 452 g/mol. The van der Waals surface area contributed by atoms with Crippen molar-refractivity contribution in [2.24, 2.45) is 5.92 Å². The first-order valence-electron chi connectivity index (χ1n) is 9.99. The minimum atomic E-state index is -5.07. The molecule has 0 spiro atoms. The Morgan fingerprint density at radius 1 is 0.897 bits per heavy atom. The molecule has 0 bridgehead atoms. The van der Waals surface area contributed by atoms with Gasteiger partial charge in [0.1, 0.15) is 0 Å². The van der Waals surface area contributed by atoms with Crippen molar-refractivity contribution in [1.29, 1.82) is 0 Å². The van der Waals surface area contributed by atoms with Gasteiger partial charge in [0, 0.05) is 0 Å². The summed E-state index contributed by atoms with van der Waals surface area (Å²) < 4.78 is 30.2. The van der Waals surface area contributed by atoms with Gasteiger partial charge in [-0.25, -0.2) is 9.13 Å². The first-order valence-corrected chi connectivity index (χ1v) is 13.0. The highest BCUT2D eigenvalue weighted by molar-refractivity contribution is 7.60. The Bertz CT molecular complexity index is 658. The fourth-order valence-corrected chi connectivity index (χ4v) is 4.24. The number of phosphoric ester groups is 1. The molecule has 3 N–H and O–H groups in total. The summed E-state index contributed by atoms with van der Waals surface area (Å²) in [5.41, 5.74) is 3.79. The van der Waals surface area contributed by atoms with Crippen LogP contribution in [0.5, 0.6) is 0 Å². The van der Waals surface area contributed by atoms with Crippen LogP contribution in [-0.4, -0.2) is 21.3 Å². The monoisotopic (exact) mass is 452 g/mol. The molecule has 0 aromatic rings. The number of hydrogen-bond donors (Lipinski definition) is 3. The molecule has 0 aromatic heterocycles. The molecule has 29 heavy (non-hydrogen) atoms. The molecular weight excluding hydrogens is 414 g/mol. The van der Waals surface area contributed by atoms with Gasteiger partial charge in [-0.3, -0.25) is 4.52 Å². The molecule has 9 heteroatoms. The lowest BCUT2D eigenvalue weighted by Gasteiger charge is -2.12. The van der Waals surface area contributed by atoms with E-state index in [1.54, 1.807) is 6.08 Å². The minimum absolute atomic E-state index is 0.244. The quantitative estimate of drug-likeness (QED) is 0.194. The topological polar surface area (TPSA) is 113 Å². The Morgan fingerprint density at radius 2 is 1.52 bits per heavy atom. The van der Waals surface area contributed by atoms with E-state index in [0.717, 1.165) is 50.5 Å². The summed E-state index contributed by atoms with van der Waals surface area (Å²) in [6.07, 6.45) is 13.6. The van der Waals surface area contributed by atoms with Crippen LogP contribution >= 0.6 is 15.6 Å². The van der Waals surface area contributed by atoms with E-state index in [1.807, 2.05) is 6.92 Å². The van der Waals surface area contributed by atoms with Gasteiger partial charge in [-0.05, 0) is 72.1 Å². The lowest BCUT2D eigenvalue weighted by Crippen LogP contribution is -1.96. The number of allylic oxidation sites excluding steroid dienone is 5. The third-order valence-electron chi connectivity index (χ3n) is 4.39. The van der Waals surface area contributed by atoms with Gasteiger partial charge in [-0.15, -0.1) is 0 Å². The molecule has 0 saturated heterocycles. The zero-order valence-electron chi connectivity index (χ0n) is 18.3. The van der Waals surface area contributed by atoms with E-state index in [2.05, 4.69) is 48.7 Å². The van der Waals surface area contributed by atoms with Crippen LogP contribution in [0, 0.1) is 5.92 Å². The summed E-state index contributed by atoms with van der Waals surface area (Å²) in [6, 6.07) is 0. The molecule has 0 aliphatic heterocycles. The van der Waals surface area contributed by atoms with Crippen LogP contribution in [0.15, 0.2) is 34.9 Å². The number of rotatable bonds is 15. The van der Waals surface area contributed by atoms with Crippen LogP contribution in [0.2, 0.25) is 0 Å². The molecule has 0 saturated carbocycles. The highest BCUT2D eigenvalue weighted by Gasteiger charge is 2.31. The van der Waals surface area contributed by atoms with Crippen LogP contribution in [0.3, 0.4) is 0 Å². The molecule has 2 unspecified atom stereocenters. The third-order valence-corrected chi connectivity index (χ3v) is 6.54. The number of hydrogen-bond acceptors (Lipinski definition) is 4. The first kappa shape index (κ1) is 28.5. The normalized spacial score (nSPS) is 16.4. The zero-order valence-corrected chi connectivity index (χ0v) is 20.1. The highest BCUT2D eigenvalue weighted by atomic mass is 31.3. The first-order chi connectivity index (χ1) is 13.3. The molecule has 2 atom stereocenters. The summed E-state index contributed by atoms with van der Waals surface area (Å²) in [5, 5.41) is 0. The molecule has 0 aliphatic carbocycles. The van der Waals surface area contributed by atoms with Crippen molar-refractivity contribution in [2.75, 3.05) is 6.61 Å². The molecular formula is C20H38O7P2. The van der Waals surface area contributed by atoms with E-state index in [1.165, 1.54) is 11.1 Å². The third kappa shape index (κ3) is 19.2. The standard InChI is InChI=1S/C20H38O7P2/c1-17(2)9-6-10-18(3)11-7-12-19(4)13-8-14-20(5)15-16-26-29(24,25)27-28(21,22)23/h9,11,15,19H,6-8,10,12-14,16H2,1-5H3,(H,24,25)(H2,21,22,23)/b18-11+,20-15+. The molecule has 170 valence electrons. The maximum absolute atomic E-state index is 11.3. The van der Waals surface area contributed by atoms with E-state index < -0.39 is 15.6 Å². The molecule has 0 aromatic carbocycles. The van der Waals surface area contributed by atoms with Gasteiger partial charge < -0.3 is 14.7 Å². The molecule has 0 heterocycles. The molecule has 7 nitrogen and oxygen atoms in total. The van der Waals surface area contributed by atoms with Crippen molar-refractivity contribution < 1.29 is 32.6 Å². The summed E-state index contributed by atoms with van der Waals surface area (Å²) >= 11 is 0. The Labute approximate surface area is 175 Å². The number of phosphoric acid groups is 2. The highest BCUT2D eigenvalue weighted by Crippen LogP contribution is 2.57. The second kappa shape index (κ2) is 14.5. The van der Waals surface area contributed by atoms with E-state index in [0.29, 0.717) is 5.92 Å². The maximum Gasteiger partial charge on any atom is 0.481 e. The van der Waals surface area contributed by atoms with Gasteiger partial charge in [-0.2, -0.15) is 4.31 Å². The Morgan fingerprint density at radius 3 is 2.10 bits per heavy atom. The van der Waals surface area contributed by atoms with E-state index in [-0.39, 0.29) is 6.61 Å². The second-order valence-electron chi connectivity index (χ2n) is 7.83. The van der Waals surface area contributed by atoms with Crippen LogP contribution in [0.1, 0.15) is 79.6 Å². The lowest BCUT2D eigenvalue weighted by atomic mass is 9.96. The zero-order chi connectivity index (χ0) is 22.5. The second-order valence-corrected chi connectivity index (χ2v) is 10.7.